The zero-order valence-corrected chi connectivity index (χ0v) is 45.3. The fraction of sp³-hybridized carbons (Fsp3) is 0.962. The molecule has 0 radical (unpaired) electrons. The molecule has 0 spiro atoms. The highest BCUT2D eigenvalue weighted by molar-refractivity contribution is 7.47. The normalized spacial score (nSPS) is 27.3. The average molecular weight is 1060 g/mol. The molecule has 9 N–H and O–H groups in total. The third-order valence-corrected chi connectivity index (χ3v) is 15.2. The molecule has 1 aliphatic carbocycles. The van der Waals surface area contributed by atoms with Crippen LogP contribution in [0, 0.1) is 5.92 Å². The molecule has 14 unspecified atom stereocenters. The first kappa shape index (κ1) is 66.8. The van der Waals surface area contributed by atoms with Gasteiger partial charge in [-0.15, -0.1) is 0 Å². The number of ether oxygens (including phenoxy) is 4. The number of aliphatic hydroxyl groups is 8. The van der Waals surface area contributed by atoms with Gasteiger partial charge in [0.1, 0.15) is 67.6 Å². The first-order valence-electron chi connectivity index (χ1n) is 28.3. The van der Waals surface area contributed by atoms with Gasteiger partial charge < -0.3 is 64.7 Å². The molecule has 1 heterocycles. The molecule has 1 saturated carbocycles. The summed E-state index contributed by atoms with van der Waals surface area (Å²) in [5, 5.41) is 83.2. The van der Waals surface area contributed by atoms with E-state index in [0.29, 0.717) is 12.8 Å². The zero-order valence-electron chi connectivity index (χ0n) is 44.4. The van der Waals surface area contributed by atoms with Crippen molar-refractivity contribution in [3.05, 3.63) is 0 Å². The topological polar surface area (TPSA) is 289 Å². The van der Waals surface area contributed by atoms with E-state index in [1.54, 1.807) is 0 Å². The summed E-state index contributed by atoms with van der Waals surface area (Å²) in [6, 6.07) is 0. The van der Waals surface area contributed by atoms with E-state index in [9.17, 15) is 59.9 Å². The molecule has 0 aromatic heterocycles. The van der Waals surface area contributed by atoms with Crippen molar-refractivity contribution in [2.24, 2.45) is 5.92 Å². The smallest absolute Gasteiger partial charge is 0.462 e. The molecule has 2 fully saturated rings. The lowest BCUT2D eigenvalue weighted by Gasteiger charge is -2.47. The Bertz CT molecular complexity index is 1410. The van der Waals surface area contributed by atoms with Gasteiger partial charge in [-0.2, -0.15) is 0 Å². The fourth-order valence-electron chi connectivity index (χ4n) is 9.48. The molecular formula is C53H101O18P. The molecule has 14 atom stereocenters. The van der Waals surface area contributed by atoms with E-state index in [-0.39, 0.29) is 12.8 Å². The minimum atomic E-state index is -5.37. The van der Waals surface area contributed by atoms with Gasteiger partial charge in [0.15, 0.2) is 12.4 Å². The number of phosphoric ester groups is 1. The number of carbonyl (C=O) groups is 2. The SMILES string of the molecule is CCCCCCCCCCCCCCCCCCC(=O)OCC(COP(=O)(O)OC1C(O)C(O)C(O)C(O)C1OC1OC(CO)C(O)C(O)C1O)OC(=O)CCCCCCCCC(C)CCCCCCCC. The van der Waals surface area contributed by atoms with Gasteiger partial charge in [-0.1, -0.05) is 201 Å². The summed E-state index contributed by atoms with van der Waals surface area (Å²) < 4.78 is 45.7. The van der Waals surface area contributed by atoms with Crippen LogP contribution in [0.5, 0.6) is 0 Å². The summed E-state index contributed by atoms with van der Waals surface area (Å²) in [6.45, 7) is 4.60. The van der Waals surface area contributed by atoms with E-state index in [2.05, 4.69) is 20.8 Å². The molecule has 2 rings (SSSR count). The molecule has 0 aromatic rings. The Balaban J connectivity index is 1.91. The quantitative estimate of drug-likeness (QED) is 0.0160. The van der Waals surface area contributed by atoms with E-state index < -0.39 is 113 Å². The van der Waals surface area contributed by atoms with Gasteiger partial charge >= 0.3 is 19.8 Å². The Labute approximate surface area is 431 Å². The minimum absolute atomic E-state index is 0.0373. The molecule has 72 heavy (non-hydrogen) atoms. The summed E-state index contributed by atoms with van der Waals surface area (Å²) in [6.07, 6.45) is 11.7. The predicted molar refractivity (Wildman–Crippen MR) is 272 cm³/mol. The minimum Gasteiger partial charge on any atom is -0.462 e. The van der Waals surface area contributed by atoms with Crippen LogP contribution in [0.25, 0.3) is 0 Å². The Morgan fingerprint density at radius 1 is 0.514 bits per heavy atom. The van der Waals surface area contributed by atoms with Crippen LogP contribution in [-0.4, -0.2) is 151 Å². The molecule has 2 aliphatic rings. The molecule has 0 amide bonds. The number of hydrogen-bond acceptors (Lipinski definition) is 17. The summed E-state index contributed by atoms with van der Waals surface area (Å²) in [7, 11) is -5.37. The van der Waals surface area contributed by atoms with E-state index in [1.165, 1.54) is 128 Å². The fourth-order valence-corrected chi connectivity index (χ4v) is 10.4. The number of unbranched alkanes of at least 4 members (excludes halogenated alkanes) is 25. The molecular weight excluding hydrogens is 956 g/mol. The molecule has 1 aliphatic heterocycles. The van der Waals surface area contributed by atoms with E-state index in [4.69, 9.17) is 28.0 Å². The second-order valence-electron chi connectivity index (χ2n) is 20.8. The lowest BCUT2D eigenvalue weighted by molar-refractivity contribution is -0.338. The Morgan fingerprint density at radius 3 is 1.38 bits per heavy atom. The van der Waals surface area contributed by atoms with E-state index >= 15 is 0 Å². The number of esters is 2. The average Bonchev–Trinajstić information content (AvgIpc) is 3.36. The van der Waals surface area contributed by atoms with Crippen molar-refractivity contribution in [1.82, 2.24) is 0 Å². The van der Waals surface area contributed by atoms with E-state index in [1.807, 2.05) is 0 Å². The van der Waals surface area contributed by atoms with Gasteiger partial charge in [-0.3, -0.25) is 18.6 Å². The van der Waals surface area contributed by atoms with Crippen LogP contribution in [0.2, 0.25) is 0 Å². The van der Waals surface area contributed by atoms with Gasteiger partial charge in [0.2, 0.25) is 0 Å². The maximum atomic E-state index is 13.5. The van der Waals surface area contributed by atoms with Crippen LogP contribution in [0.3, 0.4) is 0 Å². The van der Waals surface area contributed by atoms with Crippen molar-refractivity contribution in [3.8, 4) is 0 Å². The predicted octanol–water partition coefficient (Wildman–Crippen LogP) is 7.75. The highest BCUT2D eigenvalue weighted by Crippen LogP contribution is 2.48. The largest absolute Gasteiger partial charge is 0.472 e. The Kier molecular flexibility index (Phi) is 37.0. The van der Waals surface area contributed by atoms with Gasteiger partial charge in [0.25, 0.3) is 0 Å². The summed E-state index contributed by atoms with van der Waals surface area (Å²) in [5.41, 5.74) is 0. The van der Waals surface area contributed by atoms with Crippen molar-refractivity contribution >= 4 is 19.8 Å². The maximum absolute atomic E-state index is 13.5. The number of rotatable bonds is 44. The molecule has 0 bridgehead atoms. The van der Waals surface area contributed by atoms with Crippen LogP contribution >= 0.6 is 7.82 Å². The molecule has 426 valence electrons. The van der Waals surface area contributed by atoms with E-state index in [0.717, 1.165) is 57.3 Å². The number of phosphoric acid groups is 1. The molecule has 1 saturated heterocycles. The second-order valence-corrected chi connectivity index (χ2v) is 22.2. The highest BCUT2D eigenvalue weighted by atomic mass is 31.2. The van der Waals surface area contributed by atoms with Gasteiger partial charge in [-0.05, 0) is 18.8 Å². The number of aliphatic hydroxyl groups excluding tert-OH is 8. The van der Waals surface area contributed by atoms with Crippen molar-refractivity contribution < 1.29 is 87.9 Å². The van der Waals surface area contributed by atoms with Crippen LogP contribution in [0.15, 0.2) is 0 Å². The molecule has 0 aromatic carbocycles. The van der Waals surface area contributed by atoms with Crippen molar-refractivity contribution in [2.45, 2.75) is 300 Å². The van der Waals surface area contributed by atoms with Gasteiger partial charge in [0.05, 0.1) is 13.2 Å². The van der Waals surface area contributed by atoms with Crippen LogP contribution in [0.4, 0.5) is 0 Å². The molecule has 19 heteroatoms. The van der Waals surface area contributed by atoms with Gasteiger partial charge in [-0.25, -0.2) is 4.57 Å². The summed E-state index contributed by atoms with van der Waals surface area (Å²) in [5.74, 6) is -0.482. The lowest BCUT2D eigenvalue weighted by Crippen LogP contribution is -2.67. The Morgan fingerprint density at radius 2 is 0.917 bits per heavy atom. The molecule has 18 nitrogen and oxygen atoms in total. The first-order chi connectivity index (χ1) is 34.6. The third kappa shape index (κ3) is 28.1. The van der Waals surface area contributed by atoms with Crippen LogP contribution in [0.1, 0.15) is 226 Å². The second kappa shape index (κ2) is 39.9. The Hall–Kier alpha value is -1.35. The lowest BCUT2D eigenvalue weighted by atomic mass is 9.84. The van der Waals surface area contributed by atoms with Crippen molar-refractivity contribution in [1.29, 1.82) is 0 Å². The highest BCUT2D eigenvalue weighted by Gasteiger charge is 2.55. The van der Waals surface area contributed by atoms with Crippen molar-refractivity contribution in [2.75, 3.05) is 19.8 Å². The van der Waals surface area contributed by atoms with Crippen LogP contribution < -0.4 is 0 Å². The van der Waals surface area contributed by atoms with Crippen molar-refractivity contribution in [3.63, 3.8) is 0 Å². The van der Waals surface area contributed by atoms with Crippen LogP contribution in [-0.2, 0) is 42.1 Å². The zero-order chi connectivity index (χ0) is 53.2. The third-order valence-electron chi connectivity index (χ3n) is 14.2. The number of carbonyl (C=O) groups excluding carboxylic acids is 2. The monoisotopic (exact) mass is 1060 g/mol. The first-order valence-corrected chi connectivity index (χ1v) is 29.7. The number of hydrogen-bond donors (Lipinski definition) is 9. The van der Waals surface area contributed by atoms with Gasteiger partial charge in [0, 0.05) is 12.8 Å². The standard InChI is InChI=1S/C53H101O18P/c1-4-6-8-10-12-13-14-15-16-17-18-19-20-21-26-30-34-42(55)66-37-40(68-43(56)35-31-27-23-22-25-29-33-39(3)32-28-24-11-9-7-5-2)38-67-72(64,65)71-52-49(62)47(60)46(59)48(61)51(52)70-53-50(63)45(58)44(57)41(36-54)69-53/h39-41,44-54,57-63H,4-38H2,1-3H3,(H,64,65). The summed E-state index contributed by atoms with van der Waals surface area (Å²) in [4.78, 5) is 36.7. The maximum Gasteiger partial charge on any atom is 0.472 e. The summed E-state index contributed by atoms with van der Waals surface area (Å²) >= 11 is 0.